The molecule has 19 heavy (non-hydrogen) atoms. The minimum Gasteiger partial charge on any atom is -0.508 e. The highest BCUT2D eigenvalue weighted by Gasteiger charge is 2.08. The molecule has 1 amide bonds. The number of amides is 1. The Kier molecular flexibility index (Phi) is 3.79. The standard InChI is InChI=1S/C13H15N3O3/c1-8-7-10(3-4-11(8)17)13(18)14-6-5-12-15-9(2)19-16-12/h3-4,7,17H,5-6H2,1-2H3,(H,14,18). The van der Waals surface area contributed by atoms with Crippen molar-refractivity contribution in [2.24, 2.45) is 0 Å². The van der Waals surface area contributed by atoms with E-state index in [1.54, 1.807) is 26.0 Å². The van der Waals surface area contributed by atoms with Crippen molar-refractivity contribution in [3.8, 4) is 5.75 Å². The molecule has 6 heteroatoms. The van der Waals surface area contributed by atoms with Crippen LogP contribution in [0.1, 0.15) is 27.6 Å². The normalized spacial score (nSPS) is 10.4. The first kappa shape index (κ1) is 13.1. The molecule has 0 aliphatic carbocycles. The van der Waals surface area contributed by atoms with Crippen molar-refractivity contribution < 1.29 is 14.4 Å². The molecule has 0 fully saturated rings. The molecule has 0 spiro atoms. The van der Waals surface area contributed by atoms with Gasteiger partial charge in [-0.3, -0.25) is 4.79 Å². The number of rotatable bonds is 4. The molecule has 0 unspecified atom stereocenters. The zero-order valence-corrected chi connectivity index (χ0v) is 10.8. The van der Waals surface area contributed by atoms with E-state index in [1.165, 1.54) is 6.07 Å². The second-order valence-corrected chi connectivity index (χ2v) is 4.24. The smallest absolute Gasteiger partial charge is 0.251 e. The molecule has 2 N–H and O–H groups in total. The van der Waals surface area contributed by atoms with Crippen LogP contribution in [0.2, 0.25) is 0 Å². The van der Waals surface area contributed by atoms with Gasteiger partial charge in [0.1, 0.15) is 5.75 Å². The van der Waals surface area contributed by atoms with Gasteiger partial charge in [-0.05, 0) is 30.7 Å². The molecule has 0 aliphatic heterocycles. The minimum absolute atomic E-state index is 0.179. The maximum Gasteiger partial charge on any atom is 0.251 e. The molecule has 0 saturated heterocycles. The lowest BCUT2D eigenvalue weighted by atomic mass is 10.1. The van der Waals surface area contributed by atoms with E-state index in [0.29, 0.717) is 35.8 Å². The van der Waals surface area contributed by atoms with Crippen LogP contribution in [0, 0.1) is 13.8 Å². The van der Waals surface area contributed by atoms with Gasteiger partial charge in [-0.2, -0.15) is 4.98 Å². The van der Waals surface area contributed by atoms with Gasteiger partial charge < -0.3 is 14.9 Å². The van der Waals surface area contributed by atoms with Crippen LogP contribution in [0.3, 0.4) is 0 Å². The van der Waals surface area contributed by atoms with Gasteiger partial charge in [-0.15, -0.1) is 0 Å². The molecule has 0 saturated carbocycles. The first-order valence-corrected chi connectivity index (χ1v) is 5.93. The number of aromatic hydroxyl groups is 1. The van der Waals surface area contributed by atoms with Gasteiger partial charge in [0.2, 0.25) is 5.89 Å². The van der Waals surface area contributed by atoms with Crippen molar-refractivity contribution in [1.82, 2.24) is 15.5 Å². The molecule has 0 atom stereocenters. The van der Waals surface area contributed by atoms with Crippen molar-refractivity contribution in [1.29, 1.82) is 0 Å². The van der Waals surface area contributed by atoms with Gasteiger partial charge in [-0.1, -0.05) is 5.16 Å². The summed E-state index contributed by atoms with van der Waals surface area (Å²) >= 11 is 0. The molecule has 1 heterocycles. The third-order valence-corrected chi connectivity index (χ3v) is 2.66. The van der Waals surface area contributed by atoms with Gasteiger partial charge in [-0.25, -0.2) is 0 Å². The summed E-state index contributed by atoms with van der Waals surface area (Å²) in [5, 5.41) is 15.9. The number of nitrogens with one attached hydrogen (secondary N) is 1. The number of phenols is 1. The number of nitrogens with zero attached hydrogens (tertiary/aromatic N) is 2. The molecule has 1 aromatic carbocycles. The molecule has 0 aliphatic rings. The Morgan fingerprint density at radius 3 is 2.84 bits per heavy atom. The molecule has 2 rings (SSSR count). The number of benzene rings is 1. The van der Waals surface area contributed by atoms with Crippen molar-refractivity contribution in [2.75, 3.05) is 6.54 Å². The zero-order chi connectivity index (χ0) is 13.8. The molecule has 0 radical (unpaired) electrons. The van der Waals surface area contributed by atoms with Crippen LogP contribution in [-0.4, -0.2) is 27.7 Å². The molecular formula is C13H15N3O3. The summed E-state index contributed by atoms with van der Waals surface area (Å²) in [5.41, 5.74) is 1.18. The van der Waals surface area contributed by atoms with Gasteiger partial charge in [0.25, 0.3) is 5.91 Å². The van der Waals surface area contributed by atoms with Gasteiger partial charge in [0.05, 0.1) is 0 Å². The van der Waals surface area contributed by atoms with E-state index in [0.717, 1.165) is 0 Å². The Balaban J connectivity index is 1.89. The van der Waals surface area contributed by atoms with Gasteiger partial charge >= 0.3 is 0 Å². The Morgan fingerprint density at radius 2 is 2.21 bits per heavy atom. The highest BCUT2D eigenvalue weighted by molar-refractivity contribution is 5.94. The SMILES string of the molecule is Cc1nc(CCNC(=O)c2ccc(O)c(C)c2)no1. The van der Waals surface area contributed by atoms with Crippen molar-refractivity contribution in [3.05, 3.63) is 41.0 Å². The third-order valence-electron chi connectivity index (χ3n) is 2.66. The molecule has 0 bridgehead atoms. The summed E-state index contributed by atoms with van der Waals surface area (Å²) in [4.78, 5) is 15.9. The Labute approximate surface area is 110 Å². The zero-order valence-electron chi connectivity index (χ0n) is 10.8. The summed E-state index contributed by atoms with van der Waals surface area (Å²) in [5.74, 6) is 1.07. The van der Waals surface area contributed by atoms with Crippen LogP contribution >= 0.6 is 0 Å². The number of carbonyl (C=O) groups excluding carboxylic acids is 1. The fraction of sp³-hybridized carbons (Fsp3) is 0.308. The quantitative estimate of drug-likeness (QED) is 0.867. The summed E-state index contributed by atoms with van der Waals surface area (Å²) in [7, 11) is 0. The Morgan fingerprint density at radius 1 is 1.42 bits per heavy atom. The summed E-state index contributed by atoms with van der Waals surface area (Å²) in [6.07, 6.45) is 0.514. The van der Waals surface area contributed by atoms with Crippen LogP contribution < -0.4 is 5.32 Å². The molecular weight excluding hydrogens is 246 g/mol. The lowest BCUT2D eigenvalue weighted by molar-refractivity contribution is 0.0954. The fourth-order valence-electron chi connectivity index (χ4n) is 1.63. The number of aryl methyl sites for hydroxylation is 2. The largest absolute Gasteiger partial charge is 0.508 e. The molecule has 6 nitrogen and oxygen atoms in total. The van der Waals surface area contributed by atoms with E-state index < -0.39 is 0 Å². The highest BCUT2D eigenvalue weighted by Crippen LogP contribution is 2.16. The first-order valence-electron chi connectivity index (χ1n) is 5.93. The number of phenolic OH excluding ortho intramolecular Hbond substituents is 1. The van der Waals surface area contributed by atoms with Gasteiger partial charge in [0, 0.05) is 25.5 Å². The lowest BCUT2D eigenvalue weighted by Gasteiger charge is -2.05. The second-order valence-electron chi connectivity index (χ2n) is 4.24. The third kappa shape index (κ3) is 3.31. The number of carbonyl (C=O) groups is 1. The number of aromatic nitrogens is 2. The van der Waals surface area contributed by atoms with Crippen LogP contribution in [0.5, 0.6) is 5.75 Å². The first-order chi connectivity index (χ1) is 9.06. The van der Waals surface area contributed by atoms with Gasteiger partial charge in [0.15, 0.2) is 5.82 Å². The summed E-state index contributed by atoms with van der Waals surface area (Å²) in [6, 6.07) is 4.73. The van der Waals surface area contributed by atoms with E-state index >= 15 is 0 Å². The van der Waals surface area contributed by atoms with Crippen LogP contribution in [0.4, 0.5) is 0 Å². The van der Waals surface area contributed by atoms with E-state index in [4.69, 9.17) is 4.52 Å². The second kappa shape index (κ2) is 5.51. The summed E-state index contributed by atoms with van der Waals surface area (Å²) in [6.45, 7) is 3.89. The van der Waals surface area contributed by atoms with E-state index in [-0.39, 0.29) is 11.7 Å². The fourth-order valence-corrected chi connectivity index (χ4v) is 1.63. The Hall–Kier alpha value is -2.37. The molecule has 100 valence electrons. The maximum atomic E-state index is 11.8. The number of hydrogen-bond donors (Lipinski definition) is 2. The van der Waals surface area contributed by atoms with E-state index in [2.05, 4.69) is 15.5 Å². The predicted octanol–water partition coefficient (Wildman–Crippen LogP) is 1.36. The van der Waals surface area contributed by atoms with Crippen LogP contribution in [0.25, 0.3) is 0 Å². The van der Waals surface area contributed by atoms with Crippen LogP contribution in [0.15, 0.2) is 22.7 Å². The average Bonchev–Trinajstić information content (AvgIpc) is 2.78. The van der Waals surface area contributed by atoms with Crippen molar-refractivity contribution in [2.45, 2.75) is 20.3 Å². The van der Waals surface area contributed by atoms with E-state index in [9.17, 15) is 9.90 Å². The van der Waals surface area contributed by atoms with Crippen LogP contribution in [-0.2, 0) is 6.42 Å². The summed E-state index contributed by atoms with van der Waals surface area (Å²) < 4.78 is 4.83. The topological polar surface area (TPSA) is 88.2 Å². The Bertz CT molecular complexity index is 593. The highest BCUT2D eigenvalue weighted by atomic mass is 16.5. The van der Waals surface area contributed by atoms with Crippen molar-refractivity contribution in [3.63, 3.8) is 0 Å². The van der Waals surface area contributed by atoms with Crippen molar-refractivity contribution >= 4 is 5.91 Å². The molecule has 1 aromatic heterocycles. The number of hydrogen-bond acceptors (Lipinski definition) is 5. The monoisotopic (exact) mass is 261 g/mol. The average molecular weight is 261 g/mol. The lowest BCUT2D eigenvalue weighted by Crippen LogP contribution is -2.26. The molecule has 2 aromatic rings. The maximum absolute atomic E-state index is 11.8. The predicted molar refractivity (Wildman–Crippen MR) is 67.9 cm³/mol. The minimum atomic E-state index is -0.191. The van der Waals surface area contributed by atoms with E-state index in [1.807, 2.05) is 0 Å².